The lowest BCUT2D eigenvalue weighted by Gasteiger charge is -2.28. The fourth-order valence-corrected chi connectivity index (χ4v) is 2.10. The molecule has 0 aromatic heterocycles. The summed E-state index contributed by atoms with van der Waals surface area (Å²) in [6.45, 7) is 9.88. The van der Waals surface area contributed by atoms with Crippen molar-refractivity contribution in [2.24, 2.45) is 10.4 Å². The molecule has 0 saturated heterocycles. The summed E-state index contributed by atoms with van der Waals surface area (Å²) in [5, 5.41) is 4.55. The molecule has 0 aliphatic carbocycles. The molecule has 1 unspecified atom stereocenters. The second-order valence-electron chi connectivity index (χ2n) is 4.53. The average molecular weight is 200 g/mol. The van der Waals surface area contributed by atoms with Crippen LogP contribution < -0.4 is 5.32 Å². The molecule has 0 amide bonds. The Labute approximate surface area is 85.6 Å². The first-order chi connectivity index (χ1) is 6.03. The van der Waals surface area contributed by atoms with Crippen molar-refractivity contribution in [3.63, 3.8) is 0 Å². The molecule has 0 aromatic rings. The van der Waals surface area contributed by atoms with Crippen LogP contribution in [-0.4, -0.2) is 23.5 Å². The van der Waals surface area contributed by atoms with E-state index in [1.165, 1.54) is 5.75 Å². The molecule has 1 aliphatic rings. The van der Waals surface area contributed by atoms with Crippen LogP contribution in [0.5, 0.6) is 0 Å². The highest BCUT2D eigenvalue weighted by Crippen LogP contribution is 2.27. The van der Waals surface area contributed by atoms with Crippen molar-refractivity contribution in [2.45, 2.75) is 40.2 Å². The van der Waals surface area contributed by atoms with Gasteiger partial charge in [-0.2, -0.15) is 0 Å². The van der Waals surface area contributed by atoms with Gasteiger partial charge in [0.1, 0.15) is 0 Å². The minimum Gasteiger partial charge on any atom is -0.362 e. The molecule has 0 radical (unpaired) electrons. The highest BCUT2D eigenvalue weighted by Gasteiger charge is 2.23. The standard InChI is InChI=1S/C10H20N2S/c1-5-8(2)12-9-11-6-10(3,4)7-13-9/h8H,5-7H2,1-4H3,(H,11,12). The molecule has 1 rings (SSSR count). The van der Waals surface area contributed by atoms with Crippen LogP contribution in [0, 0.1) is 5.41 Å². The van der Waals surface area contributed by atoms with E-state index in [0.29, 0.717) is 11.5 Å². The first kappa shape index (κ1) is 10.9. The van der Waals surface area contributed by atoms with Crippen LogP contribution in [0.15, 0.2) is 4.99 Å². The minimum atomic E-state index is 0.380. The molecular formula is C10H20N2S. The van der Waals surface area contributed by atoms with Crippen LogP contribution in [0.1, 0.15) is 34.1 Å². The van der Waals surface area contributed by atoms with Crippen molar-refractivity contribution in [3.05, 3.63) is 0 Å². The Morgan fingerprint density at radius 2 is 2.31 bits per heavy atom. The number of rotatable bonds is 2. The maximum Gasteiger partial charge on any atom is 0.156 e. The Bertz CT molecular complexity index is 199. The third kappa shape index (κ3) is 3.59. The van der Waals surface area contributed by atoms with Gasteiger partial charge in [-0.1, -0.05) is 32.5 Å². The maximum absolute atomic E-state index is 4.54. The van der Waals surface area contributed by atoms with Crippen molar-refractivity contribution < 1.29 is 0 Å². The van der Waals surface area contributed by atoms with Gasteiger partial charge in [-0.25, -0.2) is 0 Å². The molecule has 0 bridgehead atoms. The van der Waals surface area contributed by atoms with Crippen LogP contribution in [0.4, 0.5) is 0 Å². The van der Waals surface area contributed by atoms with Crippen molar-refractivity contribution in [2.75, 3.05) is 12.3 Å². The fourth-order valence-electron chi connectivity index (χ4n) is 1.04. The number of hydrogen-bond acceptors (Lipinski definition) is 3. The topological polar surface area (TPSA) is 24.4 Å². The average Bonchev–Trinajstić information content (AvgIpc) is 2.08. The third-order valence-electron chi connectivity index (χ3n) is 2.23. The van der Waals surface area contributed by atoms with Crippen molar-refractivity contribution in [1.82, 2.24) is 5.32 Å². The zero-order valence-corrected chi connectivity index (χ0v) is 9.87. The van der Waals surface area contributed by atoms with Gasteiger partial charge >= 0.3 is 0 Å². The van der Waals surface area contributed by atoms with Gasteiger partial charge in [-0.15, -0.1) is 0 Å². The summed E-state index contributed by atoms with van der Waals surface area (Å²) >= 11 is 1.85. The Morgan fingerprint density at radius 1 is 1.62 bits per heavy atom. The van der Waals surface area contributed by atoms with E-state index in [-0.39, 0.29) is 0 Å². The maximum atomic E-state index is 4.54. The zero-order valence-electron chi connectivity index (χ0n) is 9.05. The normalized spacial score (nSPS) is 23.5. The number of thioether (sulfide) groups is 1. The molecule has 1 aliphatic heterocycles. The van der Waals surface area contributed by atoms with E-state index in [0.717, 1.165) is 18.1 Å². The summed E-state index contributed by atoms with van der Waals surface area (Å²) in [5.74, 6) is 1.18. The van der Waals surface area contributed by atoms with Crippen LogP contribution in [0.2, 0.25) is 0 Å². The van der Waals surface area contributed by atoms with Gasteiger partial charge in [0.15, 0.2) is 5.17 Å². The molecule has 0 saturated carbocycles. The largest absolute Gasteiger partial charge is 0.362 e. The molecule has 0 aromatic carbocycles. The van der Waals surface area contributed by atoms with Crippen LogP contribution >= 0.6 is 11.8 Å². The number of aliphatic imine (C=N–C) groups is 1. The van der Waals surface area contributed by atoms with Gasteiger partial charge < -0.3 is 5.32 Å². The molecule has 0 spiro atoms. The number of nitrogens with one attached hydrogen (secondary N) is 1. The predicted octanol–water partition coefficient (Wildman–Crippen LogP) is 2.50. The summed E-state index contributed by atoms with van der Waals surface area (Å²) in [5.41, 5.74) is 0.380. The summed E-state index contributed by atoms with van der Waals surface area (Å²) in [6.07, 6.45) is 1.16. The Balaban J connectivity index is 2.42. The summed E-state index contributed by atoms with van der Waals surface area (Å²) in [6, 6.07) is 0.549. The second kappa shape index (κ2) is 4.36. The van der Waals surface area contributed by atoms with E-state index in [1.54, 1.807) is 0 Å². The molecule has 13 heavy (non-hydrogen) atoms. The summed E-state index contributed by atoms with van der Waals surface area (Å²) in [4.78, 5) is 4.54. The SMILES string of the molecule is CCC(C)NC1=NCC(C)(C)CS1. The van der Waals surface area contributed by atoms with E-state index < -0.39 is 0 Å². The van der Waals surface area contributed by atoms with Gasteiger partial charge in [0.05, 0.1) is 0 Å². The quantitative estimate of drug-likeness (QED) is 0.740. The van der Waals surface area contributed by atoms with E-state index in [9.17, 15) is 0 Å². The molecule has 76 valence electrons. The lowest BCUT2D eigenvalue weighted by atomic mass is 9.97. The first-order valence-electron chi connectivity index (χ1n) is 4.97. The molecule has 2 nitrogen and oxygen atoms in total. The third-order valence-corrected chi connectivity index (χ3v) is 3.68. The van der Waals surface area contributed by atoms with Gasteiger partial charge in [0, 0.05) is 18.3 Å². The van der Waals surface area contributed by atoms with E-state index in [2.05, 4.69) is 38.0 Å². The lowest BCUT2D eigenvalue weighted by Crippen LogP contribution is -2.35. The lowest BCUT2D eigenvalue weighted by molar-refractivity contribution is 0.436. The van der Waals surface area contributed by atoms with Gasteiger partial charge in [0.2, 0.25) is 0 Å². The number of nitrogens with zero attached hydrogens (tertiary/aromatic N) is 1. The van der Waals surface area contributed by atoms with E-state index in [1.807, 2.05) is 11.8 Å². The summed E-state index contributed by atoms with van der Waals surface area (Å²) in [7, 11) is 0. The molecule has 1 heterocycles. The van der Waals surface area contributed by atoms with Gasteiger partial charge in [0.25, 0.3) is 0 Å². The first-order valence-corrected chi connectivity index (χ1v) is 5.96. The molecule has 3 heteroatoms. The smallest absolute Gasteiger partial charge is 0.156 e. The molecular weight excluding hydrogens is 180 g/mol. The van der Waals surface area contributed by atoms with E-state index in [4.69, 9.17) is 0 Å². The van der Waals surface area contributed by atoms with Crippen LogP contribution in [-0.2, 0) is 0 Å². The van der Waals surface area contributed by atoms with Crippen LogP contribution in [0.3, 0.4) is 0 Å². The van der Waals surface area contributed by atoms with Crippen molar-refractivity contribution in [1.29, 1.82) is 0 Å². The van der Waals surface area contributed by atoms with Crippen LogP contribution in [0.25, 0.3) is 0 Å². The molecule has 1 N–H and O–H groups in total. The number of amidine groups is 1. The monoisotopic (exact) mass is 200 g/mol. The Hall–Kier alpha value is -0.180. The van der Waals surface area contributed by atoms with Gasteiger partial charge in [-0.05, 0) is 18.8 Å². The zero-order chi connectivity index (χ0) is 9.90. The Morgan fingerprint density at radius 3 is 2.77 bits per heavy atom. The highest BCUT2D eigenvalue weighted by atomic mass is 32.2. The second-order valence-corrected chi connectivity index (χ2v) is 5.49. The highest BCUT2D eigenvalue weighted by molar-refractivity contribution is 8.13. The Kier molecular flexibility index (Phi) is 3.65. The van der Waals surface area contributed by atoms with Crippen molar-refractivity contribution in [3.8, 4) is 0 Å². The minimum absolute atomic E-state index is 0.380. The molecule has 1 atom stereocenters. The molecule has 0 fully saturated rings. The van der Waals surface area contributed by atoms with Crippen molar-refractivity contribution >= 4 is 16.9 Å². The summed E-state index contributed by atoms with van der Waals surface area (Å²) < 4.78 is 0. The van der Waals surface area contributed by atoms with E-state index >= 15 is 0 Å². The van der Waals surface area contributed by atoms with Gasteiger partial charge in [-0.3, -0.25) is 4.99 Å². The fraction of sp³-hybridized carbons (Fsp3) is 0.900. The predicted molar refractivity (Wildman–Crippen MR) is 61.4 cm³/mol. The number of hydrogen-bond donors (Lipinski definition) is 1.